The Bertz CT molecular complexity index is 110. The lowest BCUT2D eigenvalue weighted by Gasteiger charge is -2.17. The summed E-state index contributed by atoms with van der Waals surface area (Å²) in [5.74, 6) is -0.403. The van der Waals surface area contributed by atoms with E-state index in [4.69, 9.17) is 16.7 Å². The van der Waals surface area contributed by atoms with Gasteiger partial charge in [0.05, 0.1) is 6.42 Å². The molecule has 0 aliphatic carbocycles. The second-order valence-corrected chi connectivity index (χ2v) is 3.14. The summed E-state index contributed by atoms with van der Waals surface area (Å²) >= 11 is 5.47. The number of aliphatic carboxylic acids is 1. The molecule has 9 heavy (non-hydrogen) atoms. The fourth-order valence-electron chi connectivity index (χ4n) is 0.457. The molecule has 0 saturated heterocycles. The van der Waals surface area contributed by atoms with Gasteiger partial charge >= 0.3 is 5.97 Å². The SMILES string of the molecule is CC(C)(CCl)CC(=O)O. The largest absolute Gasteiger partial charge is 0.481 e. The molecule has 0 unspecified atom stereocenters. The summed E-state index contributed by atoms with van der Waals surface area (Å²) in [5.41, 5.74) is -0.270. The fourth-order valence-corrected chi connectivity index (χ4v) is 0.551. The minimum atomic E-state index is -0.791. The molecule has 0 spiro atoms. The lowest BCUT2D eigenvalue weighted by atomic mass is 9.92. The monoisotopic (exact) mass is 150 g/mol. The number of carbonyl (C=O) groups is 1. The molecule has 3 heteroatoms. The van der Waals surface area contributed by atoms with E-state index < -0.39 is 5.97 Å². The van der Waals surface area contributed by atoms with Crippen LogP contribution < -0.4 is 0 Å². The molecule has 0 aromatic rings. The summed E-state index contributed by atoms with van der Waals surface area (Å²) in [5, 5.41) is 8.32. The van der Waals surface area contributed by atoms with Crippen LogP contribution in [0, 0.1) is 5.41 Å². The number of hydrogen-bond donors (Lipinski definition) is 1. The number of rotatable bonds is 3. The van der Waals surface area contributed by atoms with Gasteiger partial charge in [-0.3, -0.25) is 4.79 Å². The number of carboxylic acids is 1. The van der Waals surface area contributed by atoms with E-state index in [0.29, 0.717) is 5.88 Å². The number of hydrogen-bond acceptors (Lipinski definition) is 1. The van der Waals surface area contributed by atoms with E-state index in [9.17, 15) is 4.79 Å². The zero-order chi connectivity index (χ0) is 7.49. The molecule has 0 bridgehead atoms. The standard InChI is InChI=1S/C6H11ClO2/c1-6(2,4-7)3-5(8)9/h3-4H2,1-2H3,(H,8,9). The van der Waals surface area contributed by atoms with Crippen LogP contribution in [0.1, 0.15) is 20.3 Å². The predicted molar refractivity (Wildman–Crippen MR) is 36.8 cm³/mol. The quantitative estimate of drug-likeness (QED) is 0.623. The number of carboxylic acid groups (broad SMARTS) is 1. The zero-order valence-corrected chi connectivity index (χ0v) is 6.40. The van der Waals surface area contributed by atoms with Crippen LogP contribution in [0.5, 0.6) is 0 Å². The van der Waals surface area contributed by atoms with E-state index in [2.05, 4.69) is 0 Å². The van der Waals surface area contributed by atoms with Gasteiger partial charge in [0, 0.05) is 5.88 Å². The highest BCUT2D eigenvalue weighted by molar-refractivity contribution is 6.18. The molecule has 1 N–H and O–H groups in total. The van der Waals surface area contributed by atoms with Crippen molar-refractivity contribution in [2.45, 2.75) is 20.3 Å². The maximum absolute atomic E-state index is 10.1. The maximum Gasteiger partial charge on any atom is 0.303 e. The van der Waals surface area contributed by atoms with Crippen LogP contribution in [0.4, 0.5) is 0 Å². The third-order valence-corrected chi connectivity index (χ3v) is 1.72. The Morgan fingerprint density at radius 2 is 2.11 bits per heavy atom. The minimum absolute atomic E-state index is 0.135. The second kappa shape index (κ2) is 3.06. The Morgan fingerprint density at radius 1 is 1.67 bits per heavy atom. The molecule has 0 heterocycles. The fraction of sp³-hybridized carbons (Fsp3) is 0.833. The Morgan fingerprint density at radius 3 is 2.22 bits per heavy atom. The van der Waals surface area contributed by atoms with Gasteiger partial charge in [-0.1, -0.05) is 13.8 Å². The van der Waals surface area contributed by atoms with Crippen LogP contribution >= 0.6 is 11.6 Å². The van der Waals surface area contributed by atoms with Gasteiger partial charge in [0.2, 0.25) is 0 Å². The molecular weight excluding hydrogens is 140 g/mol. The molecule has 0 rings (SSSR count). The van der Waals surface area contributed by atoms with Gasteiger partial charge in [-0.15, -0.1) is 11.6 Å². The highest BCUT2D eigenvalue weighted by atomic mass is 35.5. The number of halogens is 1. The van der Waals surface area contributed by atoms with E-state index in [1.54, 1.807) is 0 Å². The van der Waals surface area contributed by atoms with Crippen LogP contribution in [0.2, 0.25) is 0 Å². The highest BCUT2D eigenvalue weighted by Crippen LogP contribution is 2.21. The second-order valence-electron chi connectivity index (χ2n) is 2.87. The normalized spacial score (nSPS) is 11.4. The van der Waals surface area contributed by atoms with E-state index in [-0.39, 0.29) is 11.8 Å². The lowest BCUT2D eigenvalue weighted by molar-refractivity contribution is -0.138. The van der Waals surface area contributed by atoms with Crippen molar-refractivity contribution in [3.63, 3.8) is 0 Å². The third kappa shape index (κ3) is 4.28. The van der Waals surface area contributed by atoms with E-state index in [0.717, 1.165) is 0 Å². The molecule has 0 aliphatic heterocycles. The summed E-state index contributed by atoms with van der Waals surface area (Å²) in [7, 11) is 0. The Balaban J connectivity index is 3.71. The van der Waals surface area contributed by atoms with Crippen molar-refractivity contribution in [2.24, 2.45) is 5.41 Å². The van der Waals surface area contributed by atoms with Crippen molar-refractivity contribution in [1.82, 2.24) is 0 Å². The summed E-state index contributed by atoms with van der Waals surface area (Å²) in [6, 6.07) is 0. The maximum atomic E-state index is 10.1. The summed E-state index contributed by atoms with van der Waals surface area (Å²) in [4.78, 5) is 10.1. The van der Waals surface area contributed by atoms with E-state index in [1.807, 2.05) is 13.8 Å². The number of alkyl halides is 1. The summed E-state index contributed by atoms with van der Waals surface area (Å²) in [6.07, 6.45) is 0.135. The van der Waals surface area contributed by atoms with Crippen molar-refractivity contribution >= 4 is 17.6 Å². The van der Waals surface area contributed by atoms with Gasteiger partial charge in [0.25, 0.3) is 0 Å². The smallest absolute Gasteiger partial charge is 0.303 e. The molecule has 54 valence electrons. The first kappa shape index (κ1) is 8.76. The van der Waals surface area contributed by atoms with Crippen LogP contribution in [-0.4, -0.2) is 17.0 Å². The average Bonchev–Trinajstić information content (AvgIpc) is 1.63. The highest BCUT2D eigenvalue weighted by Gasteiger charge is 2.19. The summed E-state index contributed by atoms with van der Waals surface area (Å²) in [6.45, 7) is 3.66. The van der Waals surface area contributed by atoms with Crippen molar-refractivity contribution in [3.05, 3.63) is 0 Å². The molecular formula is C6H11ClO2. The molecule has 0 aromatic heterocycles. The Kier molecular flexibility index (Phi) is 2.98. The van der Waals surface area contributed by atoms with Crippen LogP contribution in [0.25, 0.3) is 0 Å². The van der Waals surface area contributed by atoms with Crippen LogP contribution in [-0.2, 0) is 4.79 Å². The molecule has 0 aliphatic rings. The van der Waals surface area contributed by atoms with Gasteiger partial charge < -0.3 is 5.11 Å². The molecule has 0 saturated carbocycles. The van der Waals surface area contributed by atoms with E-state index >= 15 is 0 Å². The predicted octanol–water partition coefficient (Wildman–Crippen LogP) is 1.73. The summed E-state index contributed by atoms with van der Waals surface area (Å²) < 4.78 is 0. The molecule has 0 amide bonds. The first-order chi connectivity index (χ1) is 3.98. The first-order valence-electron chi connectivity index (χ1n) is 2.76. The lowest BCUT2D eigenvalue weighted by Crippen LogP contribution is -2.18. The minimum Gasteiger partial charge on any atom is -0.481 e. The van der Waals surface area contributed by atoms with Gasteiger partial charge in [-0.05, 0) is 5.41 Å². The first-order valence-corrected chi connectivity index (χ1v) is 3.29. The molecule has 2 nitrogen and oxygen atoms in total. The van der Waals surface area contributed by atoms with Gasteiger partial charge in [-0.25, -0.2) is 0 Å². The molecule has 0 radical (unpaired) electrons. The van der Waals surface area contributed by atoms with Crippen LogP contribution in [0.15, 0.2) is 0 Å². The van der Waals surface area contributed by atoms with Crippen molar-refractivity contribution in [2.75, 3.05) is 5.88 Å². The average molecular weight is 151 g/mol. The topological polar surface area (TPSA) is 37.3 Å². The van der Waals surface area contributed by atoms with Gasteiger partial charge in [0.15, 0.2) is 0 Å². The van der Waals surface area contributed by atoms with Crippen molar-refractivity contribution < 1.29 is 9.90 Å². The van der Waals surface area contributed by atoms with Crippen LogP contribution in [0.3, 0.4) is 0 Å². The molecule has 0 fully saturated rings. The third-order valence-electron chi connectivity index (χ3n) is 0.992. The Hall–Kier alpha value is -0.240. The molecule has 0 atom stereocenters. The zero-order valence-electron chi connectivity index (χ0n) is 5.65. The van der Waals surface area contributed by atoms with Crippen molar-refractivity contribution in [1.29, 1.82) is 0 Å². The van der Waals surface area contributed by atoms with Gasteiger partial charge in [0.1, 0.15) is 0 Å². The van der Waals surface area contributed by atoms with Crippen molar-refractivity contribution in [3.8, 4) is 0 Å². The van der Waals surface area contributed by atoms with Gasteiger partial charge in [-0.2, -0.15) is 0 Å². The van der Waals surface area contributed by atoms with E-state index in [1.165, 1.54) is 0 Å². The molecule has 0 aromatic carbocycles. The Labute approximate surface area is 59.8 Å².